The maximum atomic E-state index is 11.4. The van der Waals surface area contributed by atoms with E-state index in [2.05, 4.69) is 11.8 Å². The molecule has 0 amide bonds. The molecular weight excluding hydrogens is 190 g/mol. The van der Waals surface area contributed by atoms with Gasteiger partial charge in [0.05, 0.1) is 12.5 Å². The van der Waals surface area contributed by atoms with E-state index >= 15 is 0 Å². The van der Waals surface area contributed by atoms with Crippen LogP contribution in [0.15, 0.2) is 0 Å². The minimum absolute atomic E-state index is 0.0144. The molecule has 0 aromatic carbocycles. The normalized spacial score (nSPS) is 24.1. The van der Waals surface area contributed by atoms with Gasteiger partial charge in [-0.3, -0.25) is 4.79 Å². The number of esters is 1. The minimum Gasteiger partial charge on any atom is -0.466 e. The van der Waals surface area contributed by atoms with Gasteiger partial charge in [-0.2, -0.15) is 0 Å². The van der Waals surface area contributed by atoms with E-state index in [0.29, 0.717) is 6.61 Å². The number of hydrogen-bond donors (Lipinski definition) is 0. The largest absolute Gasteiger partial charge is 0.466 e. The molecule has 0 spiro atoms. The Morgan fingerprint density at radius 2 is 2.27 bits per heavy atom. The lowest BCUT2D eigenvalue weighted by molar-refractivity contribution is -0.147. The molecule has 2 unspecified atom stereocenters. The molecule has 88 valence electrons. The van der Waals surface area contributed by atoms with E-state index in [1.54, 1.807) is 0 Å². The van der Waals surface area contributed by atoms with Crippen molar-refractivity contribution >= 4 is 5.97 Å². The predicted molar refractivity (Wildman–Crippen MR) is 60.6 cm³/mol. The van der Waals surface area contributed by atoms with Gasteiger partial charge in [0.2, 0.25) is 0 Å². The topological polar surface area (TPSA) is 29.5 Å². The molecule has 1 rings (SSSR count). The lowest BCUT2D eigenvalue weighted by Gasteiger charge is -2.19. The summed E-state index contributed by atoms with van der Waals surface area (Å²) in [6, 6.07) is 0. The standard InChI is InChI=1S/C12H23NO2/c1-4-11-6-7-13(9-11)8-10(3)12(14)15-5-2/h10-11H,4-9H2,1-3H3. The van der Waals surface area contributed by atoms with E-state index in [-0.39, 0.29) is 11.9 Å². The van der Waals surface area contributed by atoms with Crippen molar-refractivity contribution < 1.29 is 9.53 Å². The summed E-state index contributed by atoms with van der Waals surface area (Å²) in [5.41, 5.74) is 0. The lowest BCUT2D eigenvalue weighted by atomic mass is 10.1. The predicted octanol–water partition coefficient (Wildman–Crippen LogP) is 1.92. The molecule has 1 fully saturated rings. The Kier molecular flexibility index (Phi) is 5.09. The Bertz CT molecular complexity index is 206. The summed E-state index contributed by atoms with van der Waals surface area (Å²) in [4.78, 5) is 13.8. The van der Waals surface area contributed by atoms with Gasteiger partial charge in [0, 0.05) is 13.1 Å². The van der Waals surface area contributed by atoms with Gasteiger partial charge in [-0.25, -0.2) is 0 Å². The fraction of sp³-hybridized carbons (Fsp3) is 0.917. The van der Waals surface area contributed by atoms with Gasteiger partial charge in [-0.05, 0) is 25.8 Å². The third-order valence-corrected chi connectivity index (χ3v) is 3.17. The lowest BCUT2D eigenvalue weighted by Crippen LogP contribution is -2.31. The highest BCUT2D eigenvalue weighted by molar-refractivity contribution is 5.72. The van der Waals surface area contributed by atoms with Crippen molar-refractivity contribution in [2.45, 2.75) is 33.6 Å². The van der Waals surface area contributed by atoms with Crippen LogP contribution in [0.2, 0.25) is 0 Å². The first-order chi connectivity index (χ1) is 7.17. The van der Waals surface area contributed by atoms with E-state index in [1.165, 1.54) is 12.8 Å². The number of likely N-dealkylation sites (tertiary alicyclic amines) is 1. The second-order valence-corrected chi connectivity index (χ2v) is 4.48. The first-order valence-corrected chi connectivity index (χ1v) is 6.06. The molecule has 1 heterocycles. The fourth-order valence-corrected chi connectivity index (χ4v) is 2.16. The molecule has 2 atom stereocenters. The summed E-state index contributed by atoms with van der Waals surface area (Å²) >= 11 is 0. The number of rotatable bonds is 5. The monoisotopic (exact) mass is 213 g/mol. The van der Waals surface area contributed by atoms with Crippen molar-refractivity contribution in [3.05, 3.63) is 0 Å². The van der Waals surface area contributed by atoms with Crippen LogP contribution in [0, 0.1) is 11.8 Å². The number of carbonyl (C=O) groups excluding carboxylic acids is 1. The highest BCUT2D eigenvalue weighted by atomic mass is 16.5. The Morgan fingerprint density at radius 1 is 1.53 bits per heavy atom. The molecule has 1 aliphatic rings. The van der Waals surface area contributed by atoms with Crippen LogP contribution in [0.4, 0.5) is 0 Å². The van der Waals surface area contributed by atoms with Crippen molar-refractivity contribution in [2.75, 3.05) is 26.2 Å². The molecule has 3 nitrogen and oxygen atoms in total. The zero-order chi connectivity index (χ0) is 11.3. The van der Waals surface area contributed by atoms with E-state index < -0.39 is 0 Å². The number of hydrogen-bond acceptors (Lipinski definition) is 3. The van der Waals surface area contributed by atoms with Crippen molar-refractivity contribution in [2.24, 2.45) is 11.8 Å². The van der Waals surface area contributed by atoms with E-state index in [1.807, 2.05) is 13.8 Å². The summed E-state index contributed by atoms with van der Waals surface area (Å²) in [5.74, 6) is 0.789. The van der Waals surface area contributed by atoms with Crippen LogP contribution in [0.25, 0.3) is 0 Å². The zero-order valence-electron chi connectivity index (χ0n) is 10.2. The van der Waals surface area contributed by atoms with Crippen LogP contribution >= 0.6 is 0 Å². The van der Waals surface area contributed by atoms with Gasteiger partial charge in [0.25, 0.3) is 0 Å². The van der Waals surface area contributed by atoms with Crippen LogP contribution in [-0.2, 0) is 9.53 Å². The highest BCUT2D eigenvalue weighted by Gasteiger charge is 2.24. The van der Waals surface area contributed by atoms with Gasteiger partial charge in [-0.15, -0.1) is 0 Å². The molecule has 0 N–H and O–H groups in total. The quantitative estimate of drug-likeness (QED) is 0.653. The number of carbonyl (C=O) groups is 1. The average molecular weight is 213 g/mol. The number of nitrogens with zero attached hydrogens (tertiary/aromatic N) is 1. The highest BCUT2D eigenvalue weighted by Crippen LogP contribution is 2.20. The van der Waals surface area contributed by atoms with Crippen LogP contribution in [0.1, 0.15) is 33.6 Å². The van der Waals surface area contributed by atoms with Crippen molar-refractivity contribution in [1.82, 2.24) is 4.90 Å². The van der Waals surface area contributed by atoms with Crippen molar-refractivity contribution in [3.8, 4) is 0 Å². The maximum Gasteiger partial charge on any atom is 0.309 e. The van der Waals surface area contributed by atoms with Crippen molar-refractivity contribution in [1.29, 1.82) is 0 Å². The van der Waals surface area contributed by atoms with Crippen LogP contribution in [0.3, 0.4) is 0 Å². The second kappa shape index (κ2) is 6.11. The summed E-state index contributed by atoms with van der Waals surface area (Å²) in [6.07, 6.45) is 2.54. The Labute approximate surface area is 92.8 Å². The molecule has 0 aromatic rings. The SMILES string of the molecule is CCOC(=O)C(C)CN1CCC(CC)C1. The van der Waals surface area contributed by atoms with Crippen LogP contribution < -0.4 is 0 Å². The molecule has 0 aliphatic carbocycles. The first-order valence-electron chi connectivity index (χ1n) is 6.06. The number of ether oxygens (including phenoxy) is 1. The molecule has 15 heavy (non-hydrogen) atoms. The minimum atomic E-state index is -0.0579. The Hall–Kier alpha value is -0.570. The first kappa shape index (κ1) is 12.5. The third kappa shape index (κ3) is 3.82. The van der Waals surface area contributed by atoms with Gasteiger partial charge in [0.1, 0.15) is 0 Å². The summed E-state index contributed by atoms with van der Waals surface area (Å²) in [7, 11) is 0. The van der Waals surface area contributed by atoms with E-state index in [4.69, 9.17) is 4.74 Å². The van der Waals surface area contributed by atoms with Crippen LogP contribution in [-0.4, -0.2) is 37.1 Å². The van der Waals surface area contributed by atoms with Gasteiger partial charge in [0.15, 0.2) is 0 Å². The molecule has 0 aromatic heterocycles. The maximum absolute atomic E-state index is 11.4. The molecule has 0 radical (unpaired) electrons. The van der Waals surface area contributed by atoms with Crippen molar-refractivity contribution in [3.63, 3.8) is 0 Å². The summed E-state index contributed by atoms with van der Waals surface area (Å²) < 4.78 is 5.00. The van der Waals surface area contributed by atoms with Gasteiger partial charge < -0.3 is 9.64 Å². The summed E-state index contributed by atoms with van der Waals surface area (Å²) in [6.45, 7) is 9.69. The molecule has 1 saturated heterocycles. The van der Waals surface area contributed by atoms with E-state index in [0.717, 1.165) is 25.6 Å². The fourth-order valence-electron chi connectivity index (χ4n) is 2.16. The third-order valence-electron chi connectivity index (χ3n) is 3.17. The molecule has 0 saturated carbocycles. The summed E-state index contributed by atoms with van der Waals surface area (Å²) in [5, 5.41) is 0. The van der Waals surface area contributed by atoms with Crippen LogP contribution in [0.5, 0.6) is 0 Å². The molecular formula is C12H23NO2. The molecule has 3 heteroatoms. The molecule has 0 bridgehead atoms. The Morgan fingerprint density at radius 3 is 2.80 bits per heavy atom. The molecule has 1 aliphatic heterocycles. The van der Waals surface area contributed by atoms with E-state index in [9.17, 15) is 4.79 Å². The Balaban J connectivity index is 2.26. The smallest absolute Gasteiger partial charge is 0.309 e. The second-order valence-electron chi connectivity index (χ2n) is 4.48. The van der Waals surface area contributed by atoms with Gasteiger partial charge >= 0.3 is 5.97 Å². The zero-order valence-corrected chi connectivity index (χ0v) is 10.2. The average Bonchev–Trinajstić information content (AvgIpc) is 2.66. The van der Waals surface area contributed by atoms with Gasteiger partial charge in [-0.1, -0.05) is 20.3 Å².